The van der Waals surface area contributed by atoms with Crippen LogP contribution in [0.15, 0.2) is 48.5 Å². The van der Waals surface area contributed by atoms with Crippen molar-refractivity contribution in [2.75, 3.05) is 19.6 Å². The second kappa shape index (κ2) is 7.75. The molecule has 1 saturated heterocycles. The van der Waals surface area contributed by atoms with Crippen LogP contribution in [0.4, 0.5) is 0 Å². The highest BCUT2D eigenvalue weighted by Gasteiger charge is 2.25. The van der Waals surface area contributed by atoms with E-state index in [1.54, 1.807) is 0 Å². The Hall–Kier alpha value is -1.59. The first-order chi connectivity index (χ1) is 11.7. The van der Waals surface area contributed by atoms with E-state index in [4.69, 9.17) is 16.6 Å². The Bertz CT molecular complexity index is 862. The minimum absolute atomic E-state index is 0. The quantitative estimate of drug-likeness (QED) is 0.754. The highest BCUT2D eigenvalue weighted by Crippen LogP contribution is 2.26. The van der Waals surface area contributed by atoms with Gasteiger partial charge in [-0.15, -0.1) is 12.4 Å². The highest BCUT2D eigenvalue weighted by atomic mass is 35.5. The maximum absolute atomic E-state index is 6.20. The van der Waals surface area contributed by atoms with Crippen molar-refractivity contribution in [3.8, 4) is 0 Å². The van der Waals surface area contributed by atoms with Gasteiger partial charge >= 0.3 is 0 Å². The van der Waals surface area contributed by atoms with Crippen LogP contribution in [-0.2, 0) is 13.6 Å². The number of imidazole rings is 1. The number of benzene rings is 2. The summed E-state index contributed by atoms with van der Waals surface area (Å²) in [5.41, 5.74) is 3.50. The third-order valence-electron chi connectivity index (χ3n) is 4.81. The van der Waals surface area contributed by atoms with Crippen LogP contribution in [0.2, 0.25) is 5.02 Å². The Morgan fingerprint density at radius 1 is 1.20 bits per heavy atom. The van der Waals surface area contributed by atoms with Gasteiger partial charge in [-0.1, -0.05) is 35.9 Å². The molecule has 1 atom stereocenters. The summed E-state index contributed by atoms with van der Waals surface area (Å²) in [4.78, 5) is 7.32. The summed E-state index contributed by atoms with van der Waals surface area (Å²) >= 11 is 6.20. The summed E-state index contributed by atoms with van der Waals surface area (Å²) in [6.45, 7) is 3.77. The van der Waals surface area contributed by atoms with Crippen molar-refractivity contribution >= 4 is 35.0 Å². The fourth-order valence-electron chi connectivity index (χ4n) is 3.50. The number of rotatable bonds is 3. The third-order valence-corrected chi connectivity index (χ3v) is 5.05. The molecule has 4 nitrogen and oxygen atoms in total. The number of piperazine rings is 1. The SMILES string of the molecule is Cl.Cn1c(CN2CCNCC2c2cccc(Cl)c2)nc2ccccc21. The monoisotopic (exact) mass is 376 g/mol. The number of aryl methyl sites for hydroxylation is 1. The van der Waals surface area contributed by atoms with E-state index in [1.165, 1.54) is 11.1 Å². The summed E-state index contributed by atoms with van der Waals surface area (Å²) < 4.78 is 2.20. The van der Waals surface area contributed by atoms with Gasteiger partial charge in [0.15, 0.2) is 0 Å². The molecule has 2 aromatic carbocycles. The molecule has 0 spiro atoms. The number of fused-ring (bicyclic) bond motifs is 1. The lowest BCUT2D eigenvalue weighted by atomic mass is 10.0. The van der Waals surface area contributed by atoms with Crippen LogP contribution in [0.5, 0.6) is 0 Å². The molecule has 1 unspecified atom stereocenters. The van der Waals surface area contributed by atoms with Crippen molar-refractivity contribution in [1.82, 2.24) is 19.8 Å². The minimum Gasteiger partial charge on any atom is -0.330 e. The molecule has 3 aromatic rings. The Labute approximate surface area is 159 Å². The van der Waals surface area contributed by atoms with E-state index in [0.717, 1.165) is 42.5 Å². The van der Waals surface area contributed by atoms with Crippen molar-refractivity contribution < 1.29 is 0 Å². The van der Waals surface area contributed by atoms with Gasteiger partial charge < -0.3 is 9.88 Å². The van der Waals surface area contributed by atoms with Crippen LogP contribution < -0.4 is 5.32 Å². The number of nitrogens with zero attached hydrogens (tertiary/aromatic N) is 3. The highest BCUT2D eigenvalue weighted by molar-refractivity contribution is 6.30. The Kier molecular flexibility index (Phi) is 5.64. The summed E-state index contributed by atoms with van der Waals surface area (Å²) in [6, 6.07) is 16.8. The first-order valence-electron chi connectivity index (χ1n) is 8.33. The molecule has 0 bridgehead atoms. The van der Waals surface area contributed by atoms with Crippen molar-refractivity contribution in [3.05, 3.63) is 64.9 Å². The zero-order valence-corrected chi connectivity index (χ0v) is 15.7. The number of aromatic nitrogens is 2. The topological polar surface area (TPSA) is 33.1 Å². The predicted octanol–water partition coefficient (Wildman–Crippen LogP) is 3.80. The fourth-order valence-corrected chi connectivity index (χ4v) is 3.70. The van der Waals surface area contributed by atoms with Gasteiger partial charge in [0.25, 0.3) is 0 Å². The van der Waals surface area contributed by atoms with Gasteiger partial charge in [-0.3, -0.25) is 4.90 Å². The number of hydrogen-bond donors (Lipinski definition) is 1. The molecule has 2 heterocycles. The van der Waals surface area contributed by atoms with Crippen LogP contribution in [-0.4, -0.2) is 34.1 Å². The van der Waals surface area contributed by atoms with Gasteiger partial charge in [0.05, 0.1) is 17.6 Å². The Balaban J connectivity index is 0.00000182. The summed E-state index contributed by atoms with van der Waals surface area (Å²) in [6.07, 6.45) is 0. The first-order valence-corrected chi connectivity index (χ1v) is 8.71. The molecule has 132 valence electrons. The summed E-state index contributed by atoms with van der Waals surface area (Å²) in [5.74, 6) is 1.10. The second-order valence-corrected chi connectivity index (χ2v) is 6.76. The molecule has 1 fully saturated rings. The number of nitrogens with one attached hydrogen (secondary N) is 1. The molecule has 0 saturated carbocycles. The summed E-state index contributed by atoms with van der Waals surface area (Å²) in [5, 5.41) is 4.29. The molecule has 1 aromatic heterocycles. The lowest BCUT2D eigenvalue weighted by molar-refractivity contribution is 0.149. The minimum atomic E-state index is 0. The van der Waals surface area contributed by atoms with E-state index < -0.39 is 0 Å². The van der Waals surface area contributed by atoms with Crippen LogP contribution in [0.3, 0.4) is 0 Å². The van der Waals surface area contributed by atoms with Crippen LogP contribution in [0.25, 0.3) is 11.0 Å². The van der Waals surface area contributed by atoms with Gasteiger partial charge in [-0.2, -0.15) is 0 Å². The first kappa shape index (κ1) is 18.2. The van der Waals surface area contributed by atoms with Crippen LogP contribution >= 0.6 is 24.0 Å². The lowest BCUT2D eigenvalue weighted by Crippen LogP contribution is -2.45. The van der Waals surface area contributed by atoms with E-state index in [0.29, 0.717) is 6.04 Å². The largest absolute Gasteiger partial charge is 0.330 e. The average Bonchev–Trinajstić information content (AvgIpc) is 2.92. The lowest BCUT2D eigenvalue weighted by Gasteiger charge is -2.36. The van der Waals surface area contributed by atoms with E-state index >= 15 is 0 Å². The third kappa shape index (κ3) is 3.67. The normalized spacial score (nSPS) is 18.2. The van der Waals surface area contributed by atoms with Crippen molar-refractivity contribution in [2.45, 2.75) is 12.6 Å². The van der Waals surface area contributed by atoms with E-state index in [9.17, 15) is 0 Å². The smallest absolute Gasteiger partial charge is 0.123 e. The molecule has 0 radical (unpaired) electrons. The maximum Gasteiger partial charge on any atom is 0.123 e. The Morgan fingerprint density at radius 3 is 2.84 bits per heavy atom. The van der Waals surface area contributed by atoms with E-state index in [-0.39, 0.29) is 12.4 Å². The molecule has 6 heteroatoms. The molecule has 0 aliphatic carbocycles. The number of halogens is 2. The molecule has 4 rings (SSSR count). The molecule has 1 aliphatic rings. The fraction of sp³-hybridized carbons (Fsp3) is 0.316. The van der Waals surface area contributed by atoms with Gasteiger partial charge in [-0.25, -0.2) is 4.98 Å². The van der Waals surface area contributed by atoms with Crippen LogP contribution in [0.1, 0.15) is 17.4 Å². The molecular formula is C19H22Cl2N4. The van der Waals surface area contributed by atoms with Crippen molar-refractivity contribution in [3.63, 3.8) is 0 Å². The zero-order chi connectivity index (χ0) is 16.5. The van der Waals surface area contributed by atoms with E-state index in [1.807, 2.05) is 18.2 Å². The number of hydrogen-bond acceptors (Lipinski definition) is 3. The molecule has 1 aliphatic heterocycles. The molecule has 0 amide bonds. The molecule has 25 heavy (non-hydrogen) atoms. The molecular weight excluding hydrogens is 355 g/mol. The van der Waals surface area contributed by atoms with Gasteiger partial charge in [0, 0.05) is 37.7 Å². The maximum atomic E-state index is 6.20. The predicted molar refractivity (Wildman–Crippen MR) is 105 cm³/mol. The summed E-state index contributed by atoms with van der Waals surface area (Å²) in [7, 11) is 2.10. The standard InChI is InChI=1S/C19H21ClN4.ClH/c1-23-17-8-3-2-7-16(17)22-19(23)13-24-10-9-21-12-18(24)14-5-4-6-15(20)11-14;/h2-8,11,18,21H,9-10,12-13H2,1H3;1H. The average molecular weight is 377 g/mol. The van der Waals surface area contributed by atoms with Crippen molar-refractivity contribution in [1.29, 1.82) is 0 Å². The van der Waals surface area contributed by atoms with Gasteiger partial charge in [-0.05, 0) is 29.8 Å². The Morgan fingerprint density at radius 2 is 2.04 bits per heavy atom. The van der Waals surface area contributed by atoms with Crippen LogP contribution in [0, 0.1) is 0 Å². The second-order valence-electron chi connectivity index (χ2n) is 6.32. The molecule has 1 N–H and O–H groups in total. The van der Waals surface area contributed by atoms with Gasteiger partial charge in [0.1, 0.15) is 5.82 Å². The van der Waals surface area contributed by atoms with E-state index in [2.05, 4.69) is 52.2 Å². The van der Waals surface area contributed by atoms with Gasteiger partial charge in [0.2, 0.25) is 0 Å². The van der Waals surface area contributed by atoms with Crippen molar-refractivity contribution in [2.24, 2.45) is 7.05 Å². The zero-order valence-electron chi connectivity index (χ0n) is 14.2. The number of para-hydroxylation sites is 2.